The van der Waals surface area contributed by atoms with Crippen LogP contribution in [0.2, 0.25) is 0 Å². The molecule has 0 spiro atoms. The quantitative estimate of drug-likeness (QED) is 0.194. The van der Waals surface area contributed by atoms with Gasteiger partial charge in [0.15, 0.2) is 30.4 Å². The molecule has 1 amide bonds. The van der Waals surface area contributed by atoms with E-state index in [0.717, 1.165) is 5.56 Å². The molecule has 5 heterocycles. The van der Waals surface area contributed by atoms with Crippen molar-refractivity contribution in [3.63, 3.8) is 0 Å². The van der Waals surface area contributed by atoms with E-state index >= 15 is 0 Å². The van der Waals surface area contributed by atoms with Crippen molar-refractivity contribution < 1.29 is 67.2 Å². The van der Waals surface area contributed by atoms with Gasteiger partial charge in [-0.1, -0.05) is 56.3 Å². The fraction of sp³-hybridized carbons (Fsp3) is 0.780. The molecule has 18 atom stereocenters. The third-order valence-electron chi connectivity index (χ3n) is 15.0. The lowest BCUT2D eigenvalue weighted by atomic mass is 9.77. The molecular formula is C50H80N6O14. The van der Waals surface area contributed by atoms with E-state index in [-0.39, 0.29) is 49.9 Å². The number of carbonyl (C=O) groups excluding carboxylic acids is 3. The van der Waals surface area contributed by atoms with E-state index in [9.17, 15) is 24.6 Å². The molecule has 6 rings (SSSR count). The third kappa shape index (κ3) is 12.6. The van der Waals surface area contributed by atoms with Gasteiger partial charge in [0, 0.05) is 38.1 Å². The number of benzene rings is 1. The van der Waals surface area contributed by atoms with Crippen molar-refractivity contribution in [3.05, 3.63) is 47.8 Å². The Hall–Kier alpha value is -3.99. The first-order chi connectivity index (χ1) is 32.9. The lowest BCUT2D eigenvalue weighted by Gasteiger charge is -2.49. The summed E-state index contributed by atoms with van der Waals surface area (Å²) in [6.07, 6.45) is -7.92. The van der Waals surface area contributed by atoms with Gasteiger partial charge >= 0.3 is 18.2 Å². The van der Waals surface area contributed by atoms with E-state index in [4.69, 9.17) is 42.6 Å². The number of nitrogens with zero attached hydrogens (tertiary/aromatic N) is 5. The highest BCUT2D eigenvalue weighted by Crippen LogP contribution is 2.42. The zero-order chi connectivity index (χ0) is 51.5. The number of methoxy groups -OCH3 is 1. The highest BCUT2D eigenvalue weighted by Gasteiger charge is 2.58. The number of likely N-dealkylation sites (N-methyl/N-ethyl adjacent to an activating group) is 2. The van der Waals surface area contributed by atoms with Gasteiger partial charge in [0.1, 0.15) is 23.5 Å². The molecule has 4 aliphatic heterocycles. The van der Waals surface area contributed by atoms with E-state index in [1.165, 1.54) is 7.11 Å². The number of rotatable bonds is 12. The predicted octanol–water partition coefficient (Wildman–Crippen LogP) is 4.66. The SMILES string of the molecule is CC[C@@H]1OC(=O)[C@H](C)[C@H](O[C@H]2C[C@@](C)(OC)[C@@H](OC(=O)NCc3cn(Cc4ccccc4)nn3)[C@H](C)O2)[C@H](C)[C@@H](O[C@@H]2O[C@H](C)C[C@H](N(C)C)[C@H]2O)[C@](C)(O)C[C@@H](C)CN(C)[C@H](C)[C@@H]2OC(=O)O[C@]12C. The van der Waals surface area contributed by atoms with Crippen LogP contribution >= 0.6 is 0 Å². The average molecular weight is 989 g/mol. The Morgan fingerprint density at radius 1 is 0.986 bits per heavy atom. The summed E-state index contributed by atoms with van der Waals surface area (Å²) in [7, 11) is 7.19. The maximum absolute atomic E-state index is 14.8. The van der Waals surface area contributed by atoms with Crippen LogP contribution in [0.4, 0.5) is 9.59 Å². The molecule has 70 heavy (non-hydrogen) atoms. The van der Waals surface area contributed by atoms with Gasteiger partial charge in [-0.25, -0.2) is 14.3 Å². The summed E-state index contributed by atoms with van der Waals surface area (Å²) in [6, 6.07) is 9.13. The fourth-order valence-electron chi connectivity index (χ4n) is 11.1. The van der Waals surface area contributed by atoms with Crippen LogP contribution in [0.15, 0.2) is 36.5 Å². The zero-order valence-electron chi connectivity index (χ0n) is 43.6. The summed E-state index contributed by atoms with van der Waals surface area (Å²) < 4.78 is 58.5. The molecule has 0 unspecified atom stereocenters. The molecular weight excluding hydrogens is 909 g/mol. The van der Waals surface area contributed by atoms with Gasteiger partial charge in [0.05, 0.1) is 55.2 Å². The number of hydrogen-bond donors (Lipinski definition) is 3. The lowest BCUT2D eigenvalue weighted by Crippen LogP contribution is -2.61. The van der Waals surface area contributed by atoms with Crippen molar-refractivity contribution in [1.29, 1.82) is 0 Å². The molecule has 20 heteroatoms. The number of ether oxygens (including phenoxy) is 9. The minimum absolute atomic E-state index is 0.0465. The monoisotopic (exact) mass is 989 g/mol. The lowest BCUT2D eigenvalue weighted by molar-refractivity contribution is -0.317. The Labute approximate surface area is 413 Å². The zero-order valence-corrected chi connectivity index (χ0v) is 43.6. The van der Waals surface area contributed by atoms with Crippen LogP contribution in [-0.2, 0) is 60.5 Å². The number of aliphatic hydroxyl groups is 2. The molecule has 20 nitrogen and oxygen atoms in total. The topological polar surface area (TPSA) is 224 Å². The number of carbonyl (C=O) groups is 3. The first kappa shape index (κ1) is 55.3. The molecule has 0 radical (unpaired) electrons. The van der Waals surface area contributed by atoms with Gasteiger partial charge in [-0.05, 0) is 100 Å². The normalized spacial score (nSPS) is 40.3. The van der Waals surface area contributed by atoms with Crippen LogP contribution in [-0.4, -0.2) is 178 Å². The van der Waals surface area contributed by atoms with E-state index < -0.39 is 102 Å². The van der Waals surface area contributed by atoms with Crippen molar-refractivity contribution in [2.45, 2.75) is 198 Å². The van der Waals surface area contributed by atoms with Crippen molar-refractivity contribution in [1.82, 2.24) is 30.1 Å². The number of esters is 1. The number of cyclic esters (lactones) is 1. The molecule has 394 valence electrons. The van der Waals surface area contributed by atoms with Crippen LogP contribution in [0.3, 0.4) is 0 Å². The first-order valence-electron chi connectivity index (χ1n) is 24.8. The maximum Gasteiger partial charge on any atom is 0.509 e. The first-order valence-corrected chi connectivity index (χ1v) is 24.8. The number of aliphatic hydroxyl groups excluding tert-OH is 1. The van der Waals surface area contributed by atoms with E-state index in [0.29, 0.717) is 25.2 Å². The number of alkyl carbamates (subject to hydrolysis) is 1. The third-order valence-corrected chi connectivity index (χ3v) is 15.0. The summed E-state index contributed by atoms with van der Waals surface area (Å²) in [5.41, 5.74) is -2.53. The van der Waals surface area contributed by atoms with Gasteiger partial charge in [-0.3, -0.25) is 9.69 Å². The van der Waals surface area contributed by atoms with E-state index in [1.54, 1.807) is 45.5 Å². The Morgan fingerprint density at radius 3 is 2.34 bits per heavy atom. The fourth-order valence-corrected chi connectivity index (χ4v) is 11.1. The second-order valence-electron chi connectivity index (χ2n) is 21.2. The molecule has 1 aromatic carbocycles. The van der Waals surface area contributed by atoms with Gasteiger partial charge in [-0.15, -0.1) is 5.10 Å². The molecule has 2 aromatic rings. The van der Waals surface area contributed by atoms with E-state index in [2.05, 4.69) is 15.6 Å². The van der Waals surface area contributed by atoms with Crippen molar-refractivity contribution in [2.24, 2.45) is 17.8 Å². The molecule has 4 aliphatic rings. The second-order valence-corrected chi connectivity index (χ2v) is 21.2. The number of fused-ring (bicyclic) bond motifs is 1. The van der Waals surface area contributed by atoms with Crippen LogP contribution < -0.4 is 5.32 Å². The summed E-state index contributed by atoms with van der Waals surface area (Å²) in [4.78, 5) is 45.0. The predicted molar refractivity (Wildman–Crippen MR) is 254 cm³/mol. The average Bonchev–Trinajstić information content (AvgIpc) is 3.88. The molecule has 4 saturated heterocycles. The Balaban J connectivity index is 1.29. The summed E-state index contributed by atoms with van der Waals surface area (Å²) in [5.74, 6) is -2.70. The van der Waals surface area contributed by atoms with Crippen LogP contribution in [0, 0.1) is 17.8 Å². The van der Waals surface area contributed by atoms with Gasteiger partial charge in [0.25, 0.3) is 0 Å². The molecule has 4 fully saturated rings. The Kier molecular flexibility index (Phi) is 18.0. The minimum atomic E-state index is -1.61. The van der Waals surface area contributed by atoms with Gasteiger partial charge < -0.3 is 63.1 Å². The second kappa shape index (κ2) is 22.8. The van der Waals surface area contributed by atoms with Crippen LogP contribution in [0.5, 0.6) is 0 Å². The Bertz CT molecular complexity index is 2050. The number of aromatic nitrogens is 3. The van der Waals surface area contributed by atoms with E-state index in [1.807, 2.05) is 95.9 Å². The molecule has 0 aliphatic carbocycles. The number of hydrogen-bond acceptors (Lipinski definition) is 18. The minimum Gasteiger partial charge on any atom is -0.458 e. The van der Waals surface area contributed by atoms with Gasteiger partial charge in [-0.2, -0.15) is 0 Å². The largest absolute Gasteiger partial charge is 0.509 e. The standard InChI is InChI=1S/C50H80N6O14/c1-15-37-50(10)42(69-47(60)70-50)32(6)55(13)25-28(2)22-48(8,61)41(67-45-39(57)36(54(11)12)21-29(3)63-45)30(4)40(31(5)44(58)65-37)66-38-23-49(9,62-14)43(33(7)64-38)68-46(59)51-24-35-27-56(53-52-35)26-34-19-17-16-18-20-34/h16-20,27-33,36-43,45,57,61H,15,21-26H2,1-14H3,(H,51,59)/t28-,29-,30+,31-,32-,33+,36+,37+,38+,39-,40-,41-,42+,43+,45+,48-,49-,50-/m1/s1. The number of nitrogens with one attached hydrogen (secondary N) is 1. The Morgan fingerprint density at radius 2 is 1.69 bits per heavy atom. The summed E-state index contributed by atoms with van der Waals surface area (Å²) in [5, 5.41) is 35.7. The maximum atomic E-state index is 14.8. The van der Waals surface area contributed by atoms with Crippen LogP contribution in [0.1, 0.15) is 106 Å². The molecule has 1 aromatic heterocycles. The van der Waals surface area contributed by atoms with Gasteiger partial charge in [0.2, 0.25) is 0 Å². The van der Waals surface area contributed by atoms with Crippen molar-refractivity contribution >= 4 is 18.2 Å². The summed E-state index contributed by atoms with van der Waals surface area (Å²) in [6.45, 7) is 19.2. The highest BCUT2D eigenvalue weighted by atomic mass is 16.8. The van der Waals surface area contributed by atoms with Crippen molar-refractivity contribution in [2.75, 3.05) is 34.8 Å². The molecule has 0 saturated carbocycles. The smallest absolute Gasteiger partial charge is 0.458 e. The molecule has 3 N–H and O–H groups in total. The van der Waals surface area contributed by atoms with Crippen LogP contribution in [0.25, 0.3) is 0 Å². The highest BCUT2D eigenvalue weighted by molar-refractivity contribution is 5.73. The molecule has 0 bridgehead atoms. The summed E-state index contributed by atoms with van der Waals surface area (Å²) >= 11 is 0. The van der Waals surface area contributed by atoms with Crippen molar-refractivity contribution in [3.8, 4) is 0 Å². The number of amides is 1.